The van der Waals surface area contributed by atoms with Gasteiger partial charge in [-0.3, -0.25) is 9.59 Å². The van der Waals surface area contributed by atoms with Crippen LogP contribution >= 0.6 is 35.1 Å². The SMILES string of the molecule is COc1cc(Cl)c(C)cc1NC(=O)CSc1nc(CSC(C)C)cc(=O)[nH]1. The molecule has 0 saturated carbocycles. The third-order valence-corrected chi connectivity index (χ3v) is 5.84. The molecule has 0 spiro atoms. The summed E-state index contributed by atoms with van der Waals surface area (Å²) < 4.78 is 5.25. The van der Waals surface area contributed by atoms with Crippen molar-refractivity contribution in [2.45, 2.75) is 36.9 Å². The lowest BCUT2D eigenvalue weighted by atomic mass is 10.2. The summed E-state index contributed by atoms with van der Waals surface area (Å²) >= 11 is 8.96. The number of amides is 1. The van der Waals surface area contributed by atoms with Gasteiger partial charge in [0.1, 0.15) is 5.75 Å². The molecule has 0 bridgehead atoms. The number of nitrogens with zero attached hydrogens (tertiary/aromatic N) is 1. The van der Waals surface area contributed by atoms with E-state index in [1.54, 1.807) is 23.9 Å². The first-order chi connectivity index (χ1) is 12.8. The van der Waals surface area contributed by atoms with Crippen LogP contribution in [0, 0.1) is 6.92 Å². The Balaban J connectivity index is 2.02. The highest BCUT2D eigenvalue weighted by atomic mass is 35.5. The van der Waals surface area contributed by atoms with Crippen molar-refractivity contribution in [3.05, 3.63) is 44.8 Å². The minimum absolute atomic E-state index is 0.106. The number of ether oxygens (including phenoxy) is 1. The summed E-state index contributed by atoms with van der Waals surface area (Å²) in [6.45, 7) is 6.02. The average Bonchev–Trinajstić information content (AvgIpc) is 2.60. The Morgan fingerprint density at radius 3 is 2.78 bits per heavy atom. The number of benzene rings is 1. The number of halogens is 1. The summed E-state index contributed by atoms with van der Waals surface area (Å²) in [4.78, 5) is 31.2. The third kappa shape index (κ3) is 6.79. The highest BCUT2D eigenvalue weighted by Gasteiger charge is 2.12. The fourth-order valence-electron chi connectivity index (χ4n) is 2.13. The molecule has 0 saturated heterocycles. The van der Waals surface area contributed by atoms with Crippen LogP contribution in [0.1, 0.15) is 25.1 Å². The van der Waals surface area contributed by atoms with Crippen molar-refractivity contribution in [1.29, 1.82) is 0 Å². The molecule has 0 aliphatic rings. The molecule has 1 heterocycles. The average molecular weight is 428 g/mol. The van der Waals surface area contributed by atoms with Crippen molar-refractivity contribution in [2.75, 3.05) is 18.2 Å². The minimum atomic E-state index is -0.232. The highest BCUT2D eigenvalue weighted by molar-refractivity contribution is 7.99. The molecule has 27 heavy (non-hydrogen) atoms. The van der Waals surface area contributed by atoms with Crippen molar-refractivity contribution >= 4 is 46.7 Å². The lowest BCUT2D eigenvalue weighted by Crippen LogP contribution is -2.16. The molecule has 1 aromatic heterocycles. The number of aromatic nitrogens is 2. The Kier molecular flexibility index (Phi) is 8.07. The second-order valence-electron chi connectivity index (χ2n) is 6.04. The van der Waals surface area contributed by atoms with Crippen molar-refractivity contribution in [1.82, 2.24) is 9.97 Å². The first-order valence-corrected chi connectivity index (χ1v) is 10.7. The molecule has 0 radical (unpaired) electrons. The van der Waals surface area contributed by atoms with Gasteiger partial charge in [0.05, 0.1) is 24.2 Å². The summed E-state index contributed by atoms with van der Waals surface area (Å²) in [6, 6.07) is 4.91. The summed E-state index contributed by atoms with van der Waals surface area (Å²) in [5.74, 6) is 1.02. The summed E-state index contributed by atoms with van der Waals surface area (Å²) in [6.07, 6.45) is 0. The summed E-state index contributed by atoms with van der Waals surface area (Å²) in [5, 5.41) is 4.25. The van der Waals surface area contributed by atoms with Gasteiger partial charge in [-0.15, -0.1) is 0 Å². The highest BCUT2D eigenvalue weighted by Crippen LogP contribution is 2.31. The topological polar surface area (TPSA) is 84.1 Å². The number of carbonyl (C=O) groups excluding carboxylic acids is 1. The number of aryl methyl sites for hydroxylation is 1. The molecule has 0 aliphatic carbocycles. The van der Waals surface area contributed by atoms with E-state index in [9.17, 15) is 9.59 Å². The number of thioether (sulfide) groups is 2. The lowest BCUT2D eigenvalue weighted by molar-refractivity contribution is -0.113. The molecular weight excluding hydrogens is 406 g/mol. The van der Waals surface area contributed by atoms with E-state index < -0.39 is 0 Å². The number of nitrogens with one attached hydrogen (secondary N) is 2. The number of H-pyrrole nitrogens is 1. The van der Waals surface area contributed by atoms with Crippen LogP contribution in [0.4, 0.5) is 5.69 Å². The second-order valence-corrected chi connectivity index (χ2v) is 8.98. The van der Waals surface area contributed by atoms with Crippen LogP contribution in [-0.2, 0) is 10.5 Å². The number of aromatic amines is 1. The van der Waals surface area contributed by atoms with Gasteiger partial charge in [-0.05, 0) is 23.8 Å². The molecule has 2 aromatic rings. The Labute approximate surface area is 171 Å². The van der Waals surface area contributed by atoms with Crippen LogP contribution in [-0.4, -0.2) is 34.0 Å². The number of carbonyl (C=O) groups is 1. The van der Waals surface area contributed by atoms with Crippen LogP contribution in [0.25, 0.3) is 0 Å². The Bertz CT molecular complexity index is 871. The number of hydrogen-bond donors (Lipinski definition) is 2. The first-order valence-electron chi connectivity index (χ1n) is 8.27. The Morgan fingerprint density at radius 2 is 2.11 bits per heavy atom. The Hall–Kier alpha value is -1.64. The lowest BCUT2D eigenvalue weighted by Gasteiger charge is -2.12. The summed E-state index contributed by atoms with van der Waals surface area (Å²) in [5.41, 5.74) is 1.87. The van der Waals surface area contributed by atoms with E-state index in [2.05, 4.69) is 29.1 Å². The maximum absolute atomic E-state index is 12.3. The van der Waals surface area contributed by atoms with E-state index in [0.29, 0.717) is 38.3 Å². The minimum Gasteiger partial charge on any atom is -0.495 e. The predicted molar refractivity (Wildman–Crippen MR) is 113 cm³/mol. The predicted octanol–water partition coefficient (Wildman–Crippen LogP) is 4.11. The summed E-state index contributed by atoms with van der Waals surface area (Å²) in [7, 11) is 1.51. The first kappa shape index (κ1) is 21.7. The maximum Gasteiger partial charge on any atom is 0.251 e. The van der Waals surface area contributed by atoms with E-state index in [1.165, 1.54) is 24.9 Å². The second kappa shape index (κ2) is 10.1. The molecule has 2 rings (SSSR count). The quantitative estimate of drug-likeness (QED) is 0.487. The molecule has 6 nitrogen and oxygen atoms in total. The number of anilines is 1. The zero-order valence-electron chi connectivity index (χ0n) is 15.6. The molecule has 0 fully saturated rings. The largest absolute Gasteiger partial charge is 0.495 e. The normalized spacial score (nSPS) is 10.9. The van der Waals surface area contributed by atoms with Gasteiger partial charge in [0, 0.05) is 22.9 Å². The smallest absolute Gasteiger partial charge is 0.251 e. The fraction of sp³-hybridized carbons (Fsp3) is 0.389. The number of hydrogen-bond acceptors (Lipinski definition) is 6. The maximum atomic E-state index is 12.3. The van der Waals surface area contributed by atoms with Gasteiger partial charge in [-0.2, -0.15) is 11.8 Å². The van der Waals surface area contributed by atoms with Crippen LogP contribution in [0.3, 0.4) is 0 Å². The van der Waals surface area contributed by atoms with Crippen molar-refractivity contribution < 1.29 is 9.53 Å². The molecule has 0 unspecified atom stereocenters. The van der Waals surface area contributed by atoms with Crippen LogP contribution < -0.4 is 15.6 Å². The van der Waals surface area contributed by atoms with E-state index in [0.717, 1.165) is 5.56 Å². The van der Waals surface area contributed by atoms with Crippen molar-refractivity contribution in [2.24, 2.45) is 0 Å². The van der Waals surface area contributed by atoms with Gasteiger partial charge < -0.3 is 15.0 Å². The van der Waals surface area contributed by atoms with Crippen molar-refractivity contribution in [3.63, 3.8) is 0 Å². The number of rotatable bonds is 8. The van der Waals surface area contributed by atoms with Crippen LogP contribution in [0.5, 0.6) is 5.75 Å². The third-order valence-electron chi connectivity index (χ3n) is 3.43. The van der Waals surface area contributed by atoms with Crippen molar-refractivity contribution in [3.8, 4) is 5.75 Å². The van der Waals surface area contributed by atoms with E-state index >= 15 is 0 Å². The van der Waals surface area contributed by atoms with Crippen LogP contribution in [0.15, 0.2) is 28.2 Å². The van der Waals surface area contributed by atoms with E-state index in [-0.39, 0.29) is 17.2 Å². The van der Waals surface area contributed by atoms with Crippen LogP contribution in [0.2, 0.25) is 5.02 Å². The fourth-order valence-corrected chi connectivity index (χ4v) is 3.63. The standard InChI is InChI=1S/C18H22ClN3O3S2/c1-10(2)26-8-12-6-16(23)22-18(20-12)27-9-17(24)21-14-5-11(3)13(19)7-15(14)25-4/h5-7,10H,8-9H2,1-4H3,(H,21,24)(H,20,22,23). The molecular formula is C18H22ClN3O3S2. The molecule has 1 amide bonds. The molecule has 2 N–H and O–H groups in total. The monoisotopic (exact) mass is 427 g/mol. The molecule has 1 aromatic carbocycles. The van der Waals surface area contributed by atoms with Gasteiger partial charge in [0.25, 0.3) is 5.56 Å². The molecule has 9 heteroatoms. The van der Waals surface area contributed by atoms with Gasteiger partial charge in [-0.25, -0.2) is 4.98 Å². The zero-order chi connectivity index (χ0) is 20.0. The number of methoxy groups -OCH3 is 1. The van der Waals surface area contributed by atoms with E-state index in [1.807, 2.05) is 6.92 Å². The molecule has 0 aliphatic heterocycles. The van der Waals surface area contributed by atoms with E-state index in [4.69, 9.17) is 16.3 Å². The van der Waals surface area contributed by atoms with Gasteiger partial charge in [-0.1, -0.05) is 37.2 Å². The van der Waals surface area contributed by atoms with Gasteiger partial charge in [0.2, 0.25) is 5.91 Å². The molecule has 0 atom stereocenters. The Morgan fingerprint density at radius 1 is 1.37 bits per heavy atom. The molecule has 146 valence electrons. The zero-order valence-corrected chi connectivity index (χ0v) is 18.0. The van der Waals surface area contributed by atoms with Gasteiger partial charge >= 0.3 is 0 Å². The van der Waals surface area contributed by atoms with Gasteiger partial charge in [0.15, 0.2) is 5.16 Å².